The van der Waals surface area contributed by atoms with Crippen LogP contribution in [0.1, 0.15) is 21.5 Å². The number of ether oxygens (including phenoxy) is 1. The van der Waals surface area contributed by atoms with Crippen molar-refractivity contribution >= 4 is 28.1 Å². The summed E-state index contributed by atoms with van der Waals surface area (Å²) in [6.07, 6.45) is 1.51. The second-order valence-corrected chi connectivity index (χ2v) is 6.59. The van der Waals surface area contributed by atoms with Gasteiger partial charge in [0.15, 0.2) is 0 Å². The zero-order valence-electron chi connectivity index (χ0n) is 14.3. The summed E-state index contributed by atoms with van der Waals surface area (Å²) in [4.78, 5) is 12.2. The number of para-hydroxylation sites is 1. The number of carbonyl (C=O) groups is 1. The molecule has 0 saturated heterocycles. The number of halogens is 1. The summed E-state index contributed by atoms with van der Waals surface area (Å²) >= 11 is 3.27. The Bertz CT molecular complexity index is 959. The fourth-order valence-electron chi connectivity index (χ4n) is 2.36. The lowest BCUT2D eigenvalue weighted by Gasteiger charge is -2.09. The topological polar surface area (TPSA) is 70.9 Å². The van der Waals surface area contributed by atoms with E-state index in [0.717, 1.165) is 11.1 Å². The maximum atomic E-state index is 12.2. The van der Waals surface area contributed by atoms with Crippen LogP contribution in [0.3, 0.4) is 0 Å². The molecule has 0 aliphatic heterocycles. The highest BCUT2D eigenvalue weighted by atomic mass is 79.9. The molecule has 0 bridgehead atoms. The molecule has 0 aliphatic carbocycles. The maximum absolute atomic E-state index is 12.2. The molecular weight excluding hydrogens is 408 g/mol. The van der Waals surface area contributed by atoms with Crippen molar-refractivity contribution < 1.29 is 14.6 Å². The van der Waals surface area contributed by atoms with Gasteiger partial charge in [0.1, 0.15) is 18.1 Å². The molecule has 5 nitrogen and oxygen atoms in total. The smallest absolute Gasteiger partial charge is 0.275 e. The fraction of sp³-hybridized carbons (Fsp3) is 0.0476. The van der Waals surface area contributed by atoms with Gasteiger partial charge < -0.3 is 9.84 Å². The van der Waals surface area contributed by atoms with Crippen molar-refractivity contribution in [3.63, 3.8) is 0 Å². The lowest BCUT2D eigenvalue weighted by atomic mass is 10.2. The molecule has 136 valence electrons. The second kappa shape index (κ2) is 9.00. The predicted molar refractivity (Wildman–Crippen MR) is 108 cm³/mol. The van der Waals surface area contributed by atoms with Crippen molar-refractivity contribution in [1.29, 1.82) is 0 Å². The van der Waals surface area contributed by atoms with Gasteiger partial charge in [-0.1, -0.05) is 58.4 Å². The average molecular weight is 425 g/mol. The van der Waals surface area contributed by atoms with Crippen molar-refractivity contribution in [3.8, 4) is 11.5 Å². The average Bonchev–Trinajstić information content (AvgIpc) is 2.69. The molecule has 0 atom stereocenters. The number of rotatable bonds is 6. The third-order valence-corrected chi connectivity index (χ3v) is 4.22. The highest BCUT2D eigenvalue weighted by Crippen LogP contribution is 2.22. The summed E-state index contributed by atoms with van der Waals surface area (Å²) in [7, 11) is 0. The minimum Gasteiger partial charge on any atom is -0.507 e. The van der Waals surface area contributed by atoms with Gasteiger partial charge in [0.05, 0.1) is 11.8 Å². The molecule has 1 amide bonds. The van der Waals surface area contributed by atoms with Crippen LogP contribution in [0.25, 0.3) is 0 Å². The third-order valence-electron chi connectivity index (χ3n) is 3.73. The van der Waals surface area contributed by atoms with Crippen molar-refractivity contribution in [3.05, 3.63) is 94.0 Å². The van der Waals surface area contributed by atoms with Gasteiger partial charge in [0, 0.05) is 10.0 Å². The van der Waals surface area contributed by atoms with E-state index in [1.165, 1.54) is 18.3 Å². The fourth-order valence-corrected chi connectivity index (χ4v) is 2.73. The Morgan fingerprint density at radius 1 is 1.07 bits per heavy atom. The van der Waals surface area contributed by atoms with Gasteiger partial charge in [-0.2, -0.15) is 5.10 Å². The molecule has 0 unspecified atom stereocenters. The van der Waals surface area contributed by atoms with Gasteiger partial charge in [0.2, 0.25) is 0 Å². The summed E-state index contributed by atoms with van der Waals surface area (Å²) in [5.41, 5.74) is 4.33. The summed E-state index contributed by atoms with van der Waals surface area (Å²) in [6, 6.07) is 21.9. The summed E-state index contributed by atoms with van der Waals surface area (Å²) < 4.78 is 6.54. The van der Waals surface area contributed by atoms with E-state index < -0.39 is 5.91 Å². The maximum Gasteiger partial charge on any atom is 0.275 e. The molecular formula is C21H17BrN2O3. The molecule has 6 heteroatoms. The normalized spacial score (nSPS) is 10.7. The highest BCUT2D eigenvalue weighted by molar-refractivity contribution is 9.10. The first-order valence-corrected chi connectivity index (χ1v) is 9.00. The summed E-state index contributed by atoms with van der Waals surface area (Å²) in [5.74, 6) is 0.0369. The molecule has 0 heterocycles. The number of amides is 1. The third kappa shape index (κ3) is 5.18. The van der Waals surface area contributed by atoms with Gasteiger partial charge in [-0.05, 0) is 35.9 Å². The molecule has 27 heavy (non-hydrogen) atoms. The number of hydrazone groups is 1. The van der Waals surface area contributed by atoms with Crippen LogP contribution in [0.4, 0.5) is 0 Å². The van der Waals surface area contributed by atoms with Crippen molar-refractivity contribution in [1.82, 2.24) is 5.43 Å². The van der Waals surface area contributed by atoms with Crippen LogP contribution in [0.15, 0.2) is 82.4 Å². The van der Waals surface area contributed by atoms with Crippen LogP contribution in [-0.4, -0.2) is 17.2 Å². The van der Waals surface area contributed by atoms with E-state index in [9.17, 15) is 9.90 Å². The molecule has 0 spiro atoms. The Labute approximate surface area is 165 Å². The van der Waals surface area contributed by atoms with E-state index in [1.54, 1.807) is 6.07 Å². The Morgan fingerprint density at radius 3 is 2.63 bits per heavy atom. The monoisotopic (exact) mass is 424 g/mol. The Kier molecular flexibility index (Phi) is 6.22. The van der Waals surface area contributed by atoms with E-state index in [-0.39, 0.29) is 11.3 Å². The Hall–Kier alpha value is -3.12. The highest BCUT2D eigenvalue weighted by Gasteiger charge is 2.10. The van der Waals surface area contributed by atoms with Crippen LogP contribution in [0.2, 0.25) is 0 Å². The van der Waals surface area contributed by atoms with E-state index >= 15 is 0 Å². The van der Waals surface area contributed by atoms with Crippen LogP contribution in [0.5, 0.6) is 11.5 Å². The second-order valence-electron chi connectivity index (χ2n) is 5.67. The minimum atomic E-state index is -0.507. The van der Waals surface area contributed by atoms with Crippen LogP contribution in [0, 0.1) is 0 Å². The van der Waals surface area contributed by atoms with E-state index in [0.29, 0.717) is 16.8 Å². The lowest BCUT2D eigenvalue weighted by molar-refractivity contribution is 0.0952. The molecule has 0 aromatic heterocycles. The van der Waals surface area contributed by atoms with Gasteiger partial charge in [-0.15, -0.1) is 0 Å². The summed E-state index contributed by atoms with van der Waals surface area (Å²) in [5, 5.41) is 13.8. The summed E-state index contributed by atoms with van der Waals surface area (Å²) in [6.45, 7) is 0.434. The molecule has 3 aromatic carbocycles. The number of hydrogen-bond donors (Lipinski definition) is 2. The number of aromatic hydroxyl groups is 1. The number of phenolic OH excluding ortho intramolecular Hbond substituents is 1. The first-order chi connectivity index (χ1) is 13.1. The SMILES string of the molecule is O=C(N/N=C/c1ccccc1OCc1ccccc1)c1cc(Br)ccc1O. The quantitative estimate of drug-likeness (QED) is 0.452. The first-order valence-electron chi connectivity index (χ1n) is 8.21. The minimum absolute atomic E-state index is 0.113. The van der Waals surface area contributed by atoms with E-state index in [1.807, 2.05) is 54.6 Å². The Balaban J connectivity index is 1.66. The molecule has 0 saturated carbocycles. The zero-order chi connectivity index (χ0) is 19.1. The first kappa shape index (κ1) is 18.7. The van der Waals surface area contributed by atoms with Gasteiger partial charge in [0.25, 0.3) is 5.91 Å². The molecule has 2 N–H and O–H groups in total. The largest absolute Gasteiger partial charge is 0.507 e. The van der Waals surface area contributed by atoms with E-state index in [4.69, 9.17) is 4.74 Å². The van der Waals surface area contributed by atoms with Crippen molar-refractivity contribution in [2.45, 2.75) is 6.61 Å². The van der Waals surface area contributed by atoms with Crippen LogP contribution >= 0.6 is 15.9 Å². The van der Waals surface area contributed by atoms with Crippen LogP contribution < -0.4 is 10.2 Å². The predicted octanol–water partition coefficient (Wildman–Crippen LogP) is 4.50. The van der Waals surface area contributed by atoms with Gasteiger partial charge >= 0.3 is 0 Å². The molecule has 0 fully saturated rings. The van der Waals surface area contributed by atoms with Crippen LogP contribution in [-0.2, 0) is 6.61 Å². The number of nitrogens with one attached hydrogen (secondary N) is 1. The molecule has 0 radical (unpaired) electrons. The van der Waals surface area contributed by atoms with Crippen molar-refractivity contribution in [2.75, 3.05) is 0 Å². The standard InChI is InChI=1S/C21H17BrN2O3/c22-17-10-11-19(25)18(12-17)21(26)24-23-13-16-8-4-5-9-20(16)27-14-15-6-2-1-3-7-15/h1-13,25H,14H2,(H,24,26)/b23-13+. The number of nitrogens with zero attached hydrogens (tertiary/aromatic N) is 1. The van der Waals surface area contributed by atoms with Crippen molar-refractivity contribution in [2.24, 2.45) is 5.10 Å². The van der Waals surface area contributed by atoms with E-state index in [2.05, 4.69) is 26.5 Å². The van der Waals surface area contributed by atoms with Gasteiger partial charge in [-0.25, -0.2) is 5.43 Å². The number of benzene rings is 3. The Morgan fingerprint density at radius 2 is 1.81 bits per heavy atom. The number of carbonyl (C=O) groups excluding carboxylic acids is 1. The zero-order valence-corrected chi connectivity index (χ0v) is 15.9. The number of hydrogen-bond acceptors (Lipinski definition) is 4. The number of phenols is 1. The lowest BCUT2D eigenvalue weighted by Crippen LogP contribution is -2.17. The molecule has 0 aliphatic rings. The molecule has 3 aromatic rings. The van der Waals surface area contributed by atoms with Gasteiger partial charge in [-0.3, -0.25) is 4.79 Å². The molecule has 3 rings (SSSR count).